The third-order valence-electron chi connectivity index (χ3n) is 6.90. The summed E-state index contributed by atoms with van der Waals surface area (Å²) in [6.45, 7) is 5.29. The molecule has 204 valence electrons. The van der Waals surface area contributed by atoms with Gasteiger partial charge in [-0.1, -0.05) is 25.1 Å². The van der Waals surface area contributed by atoms with Crippen LogP contribution in [0.25, 0.3) is 11.5 Å². The fourth-order valence-electron chi connectivity index (χ4n) is 4.72. The molecule has 2 atom stereocenters. The van der Waals surface area contributed by atoms with Gasteiger partial charge in [0.2, 0.25) is 17.7 Å². The van der Waals surface area contributed by atoms with Gasteiger partial charge in [0.1, 0.15) is 5.75 Å². The van der Waals surface area contributed by atoms with E-state index in [1.54, 1.807) is 11.8 Å². The minimum absolute atomic E-state index is 0.0450. The number of rotatable bonds is 13. The molecular weight excluding hydrogens is 498 g/mol. The molecule has 0 N–H and O–H groups in total. The first kappa shape index (κ1) is 28.0. The minimum atomic E-state index is 0.0450. The molecule has 8 nitrogen and oxygen atoms in total. The molecule has 1 saturated heterocycles. The molecule has 1 aliphatic rings. The van der Waals surface area contributed by atoms with Crippen molar-refractivity contribution in [1.82, 2.24) is 20.0 Å². The highest BCUT2D eigenvalue weighted by Gasteiger charge is 2.31. The van der Waals surface area contributed by atoms with Crippen LogP contribution >= 0.6 is 11.8 Å². The number of para-hydroxylation sites is 1. The smallest absolute Gasteiger partial charge is 0.247 e. The number of carbonyl (C=O) groups excluding carboxylic acids is 1. The lowest BCUT2D eigenvalue weighted by Crippen LogP contribution is -2.44. The van der Waals surface area contributed by atoms with E-state index in [9.17, 15) is 4.79 Å². The van der Waals surface area contributed by atoms with E-state index < -0.39 is 0 Å². The summed E-state index contributed by atoms with van der Waals surface area (Å²) < 4.78 is 11.6. The molecule has 1 fully saturated rings. The Labute approximate surface area is 230 Å². The van der Waals surface area contributed by atoms with Crippen LogP contribution in [0, 0.1) is 5.92 Å². The van der Waals surface area contributed by atoms with Crippen molar-refractivity contribution in [2.45, 2.75) is 31.6 Å². The molecule has 38 heavy (non-hydrogen) atoms. The fourth-order valence-corrected chi connectivity index (χ4v) is 5.36. The number of amides is 1. The Hall–Kier alpha value is -3.04. The van der Waals surface area contributed by atoms with Crippen LogP contribution in [-0.2, 0) is 10.5 Å². The first-order chi connectivity index (χ1) is 18.4. The number of likely N-dealkylation sites (N-methyl/N-ethyl adjacent to an activating group) is 1. The molecule has 4 rings (SSSR count). The van der Waals surface area contributed by atoms with E-state index in [2.05, 4.69) is 39.1 Å². The van der Waals surface area contributed by atoms with Gasteiger partial charge in [0.25, 0.3) is 0 Å². The maximum atomic E-state index is 13.1. The summed E-state index contributed by atoms with van der Waals surface area (Å²) in [7, 11) is 6.00. The monoisotopic (exact) mass is 537 g/mol. The predicted molar refractivity (Wildman–Crippen MR) is 154 cm³/mol. The zero-order chi connectivity index (χ0) is 26.9. The summed E-state index contributed by atoms with van der Waals surface area (Å²) in [6.07, 6.45) is 1.83. The lowest BCUT2D eigenvalue weighted by Gasteiger charge is -2.30. The van der Waals surface area contributed by atoms with Crippen molar-refractivity contribution in [1.29, 1.82) is 0 Å². The van der Waals surface area contributed by atoms with Gasteiger partial charge in [-0.2, -0.15) is 0 Å². The van der Waals surface area contributed by atoms with Crippen molar-refractivity contribution >= 4 is 23.4 Å². The average Bonchev–Trinajstić information content (AvgIpc) is 3.62. The van der Waals surface area contributed by atoms with Gasteiger partial charge in [-0.15, -0.1) is 22.0 Å². The SMILES string of the molecule is CCC(CN(C)C)C(=O)N(C)C1CCN(c2ccc(-c3nnc(CSCCOc4ccccc4)o3)cc2)C1. The van der Waals surface area contributed by atoms with Crippen LogP contribution in [0.1, 0.15) is 25.7 Å². The third kappa shape index (κ3) is 7.51. The molecule has 0 spiro atoms. The van der Waals surface area contributed by atoms with Crippen molar-refractivity contribution in [2.24, 2.45) is 5.92 Å². The predicted octanol–water partition coefficient (Wildman–Crippen LogP) is 4.67. The summed E-state index contributed by atoms with van der Waals surface area (Å²) in [5.41, 5.74) is 2.05. The van der Waals surface area contributed by atoms with Crippen molar-refractivity contribution < 1.29 is 13.9 Å². The lowest BCUT2D eigenvalue weighted by molar-refractivity contribution is -0.136. The second kappa shape index (κ2) is 13.7. The Morgan fingerprint density at radius 2 is 1.89 bits per heavy atom. The van der Waals surface area contributed by atoms with Crippen molar-refractivity contribution in [2.75, 3.05) is 58.0 Å². The minimum Gasteiger partial charge on any atom is -0.493 e. The molecule has 0 bridgehead atoms. The summed E-state index contributed by atoms with van der Waals surface area (Å²) in [5, 5.41) is 8.44. The van der Waals surface area contributed by atoms with Gasteiger partial charge in [0.05, 0.1) is 24.3 Å². The van der Waals surface area contributed by atoms with E-state index in [4.69, 9.17) is 9.15 Å². The molecule has 0 radical (unpaired) electrons. The number of hydrogen-bond acceptors (Lipinski definition) is 8. The van der Waals surface area contributed by atoms with E-state index in [0.717, 1.165) is 55.2 Å². The standard InChI is InChI=1S/C29H39N5O3S/c1-5-22(19-32(2)3)29(35)33(4)25-15-16-34(20-25)24-13-11-23(12-14-24)28-31-30-27(37-28)21-38-18-17-36-26-9-7-6-8-10-26/h6-14,22,25H,5,15-21H2,1-4H3. The number of benzene rings is 2. The number of carbonyl (C=O) groups is 1. The molecule has 1 aliphatic heterocycles. The molecule has 9 heteroatoms. The molecule has 1 amide bonds. The van der Waals surface area contributed by atoms with Crippen LogP contribution in [0.5, 0.6) is 5.75 Å². The maximum Gasteiger partial charge on any atom is 0.247 e. The van der Waals surface area contributed by atoms with Crippen LogP contribution in [0.15, 0.2) is 59.0 Å². The number of hydrogen-bond donors (Lipinski definition) is 0. The van der Waals surface area contributed by atoms with Gasteiger partial charge < -0.3 is 23.9 Å². The fraction of sp³-hybridized carbons (Fsp3) is 0.483. The molecular formula is C29H39N5O3S. The molecule has 1 aromatic heterocycles. The molecule has 2 unspecified atom stereocenters. The van der Waals surface area contributed by atoms with E-state index in [1.807, 2.05) is 68.5 Å². The number of thioether (sulfide) groups is 1. The zero-order valence-corrected chi connectivity index (χ0v) is 23.7. The van der Waals surface area contributed by atoms with Crippen molar-refractivity contribution in [3.63, 3.8) is 0 Å². The Kier molecular flexibility index (Phi) is 10.1. The largest absolute Gasteiger partial charge is 0.493 e. The van der Waals surface area contributed by atoms with E-state index in [0.29, 0.717) is 24.1 Å². The first-order valence-electron chi connectivity index (χ1n) is 13.3. The lowest BCUT2D eigenvalue weighted by atomic mass is 10.0. The van der Waals surface area contributed by atoms with Crippen LogP contribution in [0.4, 0.5) is 5.69 Å². The maximum absolute atomic E-state index is 13.1. The summed E-state index contributed by atoms with van der Waals surface area (Å²) in [5.74, 6) is 3.81. The van der Waals surface area contributed by atoms with Gasteiger partial charge >= 0.3 is 0 Å². The topological polar surface area (TPSA) is 74.9 Å². The quantitative estimate of drug-likeness (QED) is 0.291. The van der Waals surface area contributed by atoms with Gasteiger partial charge in [-0.05, 0) is 63.3 Å². The third-order valence-corrected chi connectivity index (χ3v) is 7.80. The van der Waals surface area contributed by atoms with Gasteiger partial charge in [-0.3, -0.25) is 4.79 Å². The highest BCUT2D eigenvalue weighted by molar-refractivity contribution is 7.98. The highest BCUT2D eigenvalue weighted by Crippen LogP contribution is 2.27. The number of nitrogens with zero attached hydrogens (tertiary/aromatic N) is 5. The van der Waals surface area contributed by atoms with Crippen LogP contribution in [0.3, 0.4) is 0 Å². The van der Waals surface area contributed by atoms with Gasteiger partial charge in [0.15, 0.2) is 0 Å². The molecule has 2 aromatic carbocycles. The van der Waals surface area contributed by atoms with Crippen molar-refractivity contribution in [3.05, 3.63) is 60.5 Å². The van der Waals surface area contributed by atoms with Crippen LogP contribution in [-0.4, -0.2) is 85.1 Å². The van der Waals surface area contributed by atoms with Crippen LogP contribution in [0.2, 0.25) is 0 Å². The Bertz CT molecular complexity index is 1140. The molecule has 0 saturated carbocycles. The Morgan fingerprint density at radius 3 is 2.61 bits per heavy atom. The van der Waals surface area contributed by atoms with E-state index >= 15 is 0 Å². The second-order valence-electron chi connectivity index (χ2n) is 9.97. The number of anilines is 1. The van der Waals surface area contributed by atoms with E-state index in [-0.39, 0.29) is 17.9 Å². The van der Waals surface area contributed by atoms with Crippen LogP contribution < -0.4 is 9.64 Å². The van der Waals surface area contributed by atoms with Crippen molar-refractivity contribution in [3.8, 4) is 17.2 Å². The summed E-state index contributed by atoms with van der Waals surface area (Å²) >= 11 is 1.71. The average molecular weight is 538 g/mol. The highest BCUT2D eigenvalue weighted by atomic mass is 32.2. The first-order valence-corrected chi connectivity index (χ1v) is 14.4. The molecule has 3 aromatic rings. The number of aromatic nitrogens is 2. The normalized spacial score (nSPS) is 16.1. The van der Waals surface area contributed by atoms with E-state index in [1.165, 1.54) is 0 Å². The van der Waals surface area contributed by atoms with Gasteiger partial charge in [0, 0.05) is 43.7 Å². The molecule has 2 heterocycles. The molecule has 0 aliphatic carbocycles. The Morgan fingerprint density at radius 1 is 1.13 bits per heavy atom. The summed E-state index contributed by atoms with van der Waals surface area (Å²) in [4.78, 5) is 19.5. The second-order valence-corrected chi connectivity index (χ2v) is 11.1. The van der Waals surface area contributed by atoms with Gasteiger partial charge in [-0.25, -0.2) is 0 Å². The Balaban J connectivity index is 1.24. The number of ether oxygens (including phenoxy) is 1. The summed E-state index contributed by atoms with van der Waals surface area (Å²) in [6, 6.07) is 18.3. The zero-order valence-electron chi connectivity index (χ0n) is 22.9.